The van der Waals surface area contributed by atoms with Gasteiger partial charge in [0, 0.05) is 23.7 Å². The Balaban J connectivity index is 0.00000361. The first-order chi connectivity index (χ1) is 8.99. The first-order valence-electron chi connectivity index (χ1n) is 6.26. The summed E-state index contributed by atoms with van der Waals surface area (Å²) in [5, 5.41) is 2.82. The lowest BCUT2D eigenvalue weighted by atomic mass is 10.1. The van der Waals surface area contributed by atoms with E-state index in [1.807, 2.05) is 13.8 Å². The fourth-order valence-corrected chi connectivity index (χ4v) is 1.73. The number of benzene rings is 1. The van der Waals surface area contributed by atoms with Crippen molar-refractivity contribution in [2.45, 2.75) is 26.3 Å². The lowest BCUT2D eigenvalue weighted by Gasteiger charge is -2.13. The number of amides is 1. The predicted octanol–water partition coefficient (Wildman–Crippen LogP) is 1.90. The van der Waals surface area contributed by atoms with Crippen molar-refractivity contribution in [3.8, 4) is 11.5 Å². The van der Waals surface area contributed by atoms with Crippen molar-refractivity contribution >= 4 is 18.3 Å². The van der Waals surface area contributed by atoms with Gasteiger partial charge < -0.3 is 20.5 Å². The maximum Gasteiger partial charge on any atom is 0.251 e. The topological polar surface area (TPSA) is 73.6 Å². The van der Waals surface area contributed by atoms with Gasteiger partial charge in [-0.3, -0.25) is 4.79 Å². The molecule has 5 nitrogen and oxygen atoms in total. The van der Waals surface area contributed by atoms with Gasteiger partial charge in [-0.2, -0.15) is 0 Å². The van der Waals surface area contributed by atoms with Crippen molar-refractivity contribution < 1.29 is 14.3 Å². The molecule has 6 heteroatoms. The standard InChI is InChI=1S/C14H22N2O3.ClH/c1-9(15)5-6-16-14(17)11-7-12(18-3)10(2)13(8-11)19-4;/h7-9H,5-6,15H2,1-4H3,(H,16,17);1H. The van der Waals surface area contributed by atoms with E-state index in [-0.39, 0.29) is 24.4 Å². The third kappa shape index (κ3) is 4.90. The summed E-state index contributed by atoms with van der Waals surface area (Å²) in [6.07, 6.45) is 0.742. The number of carbonyl (C=O) groups excluding carboxylic acids is 1. The Kier molecular flexibility index (Phi) is 8.03. The molecule has 1 amide bonds. The number of methoxy groups -OCH3 is 2. The van der Waals surface area contributed by atoms with E-state index in [9.17, 15) is 4.79 Å². The van der Waals surface area contributed by atoms with E-state index in [0.29, 0.717) is 23.6 Å². The van der Waals surface area contributed by atoms with Gasteiger partial charge in [0.2, 0.25) is 0 Å². The minimum Gasteiger partial charge on any atom is -0.496 e. The van der Waals surface area contributed by atoms with E-state index in [0.717, 1.165) is 12.0 Å². The summed E-state index contributed by atoms with van der Waals surface area (Å²) in [5.74, 6) is 1.12. The molecule has 1 unspecified atom stereocenters. The van der Waals surface area contributed by atoms with Crippen LogP contribution in [0.15, 0.2) is 12.1 Å². The van der Waals surface area contributed by atoms with Gasteiger partial charge in [0.15, 0.2) is 0 Å². The summed E-state index contributed by atoms with van der Waals surface area (Å²) >= 11 is 0. The van der Waals surface area contributed by atoms with Crippen LogP contribution in [0.25, 0.3) is 0 Å². The van der Waals surface area contributed by atoms with Crippen LogP contribution in [-0.2, 0) is 0 Å². The van der Waals surface area contributed by atoms with Gasteiger partial charge in [-0.1, -0.05) is 0 Å². The van der Waals surface area contributed by atoms with Crippen molar-refractivity contribution in [3.63, 3.8) is 0 Å². The zero-order valence-corrected chi connectivity index (χ0v) is 13.2. The third-order valence-corrected chi connectivity index (χ3v) is 2.90. The molecule has 0 spiro atoms. The number of nitrogens with one attached hydrogen (secondary N) is 1. The van der Waals surface area contributed by atoms with Gasteiger partial charge in [-0.15, -0.1) is 12.4 Å². The Bertz CT molecular complexity index is 425. The quantitative estimate of drug-likeness (QED) is 0.842. The molecule has 0 radical (unpaired) electrons. The van der Waals surface area contributed by atoms with E-state index in [2.05, 4.69) is 5.32 Å². The molecule has 0 aliphatic carbocycles. The first-order valence-corrected chi connectivity index (χ1v) is 6.26. The Morgan fingerprint density at radius 1 is 1.30 bits per heavy atom. The largest absolute Gasteiger partial charge is 0.496 e. The fraction of sp³-hybridized carbons (Fsp3) is 0.500. The van der Waals surface area contributed by atoms with E-state index >= 15 is 0 Å². The number of carbonyl (C=O) groups is 1. The smallest absolute Gasteiger partial charge is 0.251 e. The molecule has 0 aliphatic rings. The third-order valence-electron chi connectivity index (χ3n) is 2.90. The highest BCUT2D eigenvalue weighted by Crippen LogP contribution is 2.29. The van der Waals surface area contributed by atoms with E-state index in [1.165, 1.54) is 0 Å². The number of halogens is 1. The van der Waals surface area contributed by atoms with Gasteiger partial charge >= 0.3 is 0 Å². The lowest BCUT2D eigenvalue weighted by molar-refractivity contribution is 0.0952. The molecule has 20 heavy (non-hydrogen) atoms. The molecule has 0 aromatic heterocycles. The number of hydrogen-bond donors (Lipinski definition) is 2. The molecular formula is C14H23ClN2O3. The molecule has 3 N–H and O–H groups in total. The van der Waals surface area contributed by atoms with Crippen LogP contribution in [0.4, 0.5) is 0 Å². The fourth-order valence-electron chi connectivity index (χ4n) is 1.73. The molecule has 1 atom stereocenters. The summed E-state index contributed by atoms with van der Waals surface area (Å²) in [6, 6.07) is 3.49. The Labute approximate surface area is 126 Å². The lowest BCUT2D eigenvalue weighted by Crippen LogP contribution is -2.29. The number of ether oxygens (including phenoxy) is 2. The zero-order chi connectivity index (χ0) is 14.4. The summed E-state index contributed by atoms with van der Waals surface area (Å²) in [4.78, 5) is 12.0. The summed E-state index contributed by atoms with van der Waals surface area (Å²) < 4.78 is 10.5. The molecule has 0 saturated carbocycles. The van der Waals surface area contributed by atoms with Crippen LogP contribution in [0.2, 0.25) is 0 Å². The van der Waals surface area contributed by atoms with Crippen LogP contribution in [-0.4, -0.2) is 32.7 Å². The van der Waals surface area contributed by atoms with Crippen LogP contribution in [0.5, 0.6) is 11.5 Å². The molecular weight excluding hydrogens is 280 g/mol. The minimum atomic E-state index is -0.155. The van der Waals surface area contributed by atoms with Crippen molar-refractivity contribution in [1.82, 2.24) is 5.32 Å². The summed E-state index contributed by atoms with van der Waals surface area (Å²) in [7, 11) is 3.14. The van der Waals surface area contributed by atoms with Crippen molar-refractivity contribution in [2.24, 2.45) is 5.73 Å². The maximum absolute atomic E-state index is 12.0. The molecule has 0 bridgehead atoms. The molecule has 114 valence electrons. The second-order valence-electron chi connectivity index (χ2n) is 4.53. The van der Waals surface area contributed by atoms with Crippen molar-refractivity contribution in [3.05, 3.63) is 23.3 Å². The average Bonchev–Trinajstić information content (AvgIpc) is 2.38. The van der Waals surface area contributed by atoms with Crippen LogP contribution in [0, 0.1) is 6.92 Å². The minimum absolute atomic E-state index is 0. The normalized spacial score (nSPS) is 11.2. The number of hydrogen-bond acceptors (Lipinski definition) is 4. The Morgan fingerprint density at radius 3 is 2.20 bits per heavy atom. The second kappa shape index (κ2) is 8.66. The summed E-state index contributed by atoms with van der Waals surface area (Å²) in [5.41, 5.74) is 7.03. The monoisotopic (exact) mass is 302 g/mol. The molecule has 1 rings (SSSR count). The van der Waals surface area contributed by atoms with Gasteiger partial charge in [0.05, 0.1) is 14.2 Å². The van der Waals surface area contributed by atoms with Gasteiger partial charge in [0.1, 0.15) is 11.5 Å². The average molecular weight is 303 g/mol. The highest BCUT2D eigenvalue weighted by molar-refractivity contribution is 5.95. The van der Waals surface area contributed by atoms with E-state index < -0.39 is 0 Å². The molecule has 0 heterocycles. The predicted molar refractivity (Wildman–Crippen MR) is 82.1 cm³/mol. The second-order valence-corrected chi connectivity index (χ2v) is 4.53. The zero-order valence-electron chi connectivity index (χ0n) is 12.4. The Hall–Kier alpha value is -1.46. The van der Waals surface area contributed by atoms with Gasteiger partial charge in [-0.25, -0.2) is 0 Å². The van der Waals surface area contributed by atoms with Crippen LogP contribution in [0.1, 0.15) is 29.3 Å². The maximum atomic E-state index is 12.0. The summed E-state index contributed by atoms with van der Waals surface area (Å²) in [6.45, 7) is 4.34. The Morgan fingerprint density at radius 2 is 1.80 bits per heavy atom. The first kappa shape index (κ1) is 18.5. The molecule has 0 aliphatic heterocycles. The molecule has 0 fully saturated rings. The van der Waals surface area contributed by atoms with E-state index in [4.69, 9.17) is 15.2 Å². The van der Waals surface area contributed by atoms with Crippen molar-refractivity contribution in [2.75, 3.05) is 20.8 Å². The molecule has 1 aromatic rings. The highest BCUT2D eigenvalue weighted by Gasteiger charge is 2.13. The van der Waals surface area contributed by atoms with Gasteiger partial charge in [-0.05, 0) is 32.4 Å². The van der Waals surface area contributed by atoms with E-state index in [1.54, 1.807) is 26.4 Å². The number of nitrogens with two attached hydrogens (primary N) is 1. The molecule has 0 saturated heterocycles. The van der Waals surface area contributed by atoms with Crippen LogP contribution in [0.3, 0.4) is 0 Å². The number of rotatable bonds is 6. The molecule has 1 aromatic carbocycles. The van der Waals surface area contributed by atoms with Gasteiger partial charge in [0.25, 0.3) is 5.91 Å². The van der Waals surface area contributed by atoms with Crippen LogP contribution < -0.4 is 20.5 Å². The SMILES string of the molecule is COc1cc(C(=O)NCCC(C)N)cc(OC)c1C.Cl. The van der Waals surface area contributed by atoms with Crippen molar-refractivity contribution in [1.29, 1.82) is 0 Å². The van der Waals surface area contributed by atoms with Crippen LogP contribution >= 0.6 is 12.4 Å². The highest BCUT2D eigenvalue weighted by atomic mass is 35.5.